The summed E-state index contributed by atoms with van der Waals surface area (Å²) in [5.41, 5.74) is 4.25. The van der Waals surface area contributed by atoms with Crippen LogP contribution >= 0.6 is 0 Å². The molecule has 5 nitrogen and oxygen atoms in total. The molecule has 0 spiro atoms. The molecule has 1 aliphatic carbocycles. The van der Waals surface area contributed by atoms with Gasteiger partial charge in [-0.3, -0.25) is 9.36 Å². The van der Waals surface area contributed by atoms with E-state index in [0.717, 1.165) is 18.5 Å². The summed E-state index contributed by atoms with van der Waals surface area (Å²) in [5.74, 6) is 0.0482. The van der Waals surface area contributed by atoms with Gasteiger partial charge >= 0.3 is 0 Å². The van der Waals surface area contributed by atoms with Gasteiger partial charge in [-0.2, -0.15) is 0 Å². The van der Waals surface area contributed by atoms with Crippen molar-refractivity contribution in [2.75, 3.05) is 7.05 Å². The lowest BCUT2D eigenvalue weighted by Crippen LogP contribution is -2.30. The monoisotopic (exact) mass is 318 g/mol. The number of hydrogen-bond donors (Lipinski definition) is 0. The van der Waals surface area contributed by atoms with Crippen LogP contribution in [-0.2, 0) is 6.42 Å². The minimum atomic E-state index is 0.0482. The molecule has 0 unspecified atom stereocenters. The topological polar surface area (TPSA) is 51.0 Å². The van der Waals surface area contributed by atoms with Gasteiger partial charge in [0.1, 0.15) is 12.7 Å². The van der Waals surface area contributed by atoms with Gasteiger partial charge in [0.05, 0.1) is 6.04 Å². The molecule has 0 fully saturated rings. The Morgan fingerprint density at radius 1 is 1.08 bits per heavy atom. The third-order valence-electron chi connectivity index (χ3n) is 4.72. The molecule has 3 aromatic rings. The molecule has 0 N–H and O–H groups in total. The molecule has 0 aliphatic heterocycles. The second-order valence-corrected chi connectivity index (χ2v) is 6.09. The van der Waals surface area contributed by atoms with E-state index in [4.69, 9.17) is 0 Å². The van der Waals surface area contributed by atoms with Crippen molar-refractivity contribution < 1.29 is 4.79 Å². The number of hydrogen-bond acceptors (Lipinski definition) is 3. The molecule has 1 heterocycles. The number of carbonyl (C=O) groups is 1. The highest BCUT2D eigenvalue weighted by Gasteiger charge is 2.28. The minimum absolute atomic E-state index is 0.0482. The molecule has 1 atom stereocenters. The molecule has 4 rings (SSSR count). The van der Waals surface area contributed by atoms with Crippen molar-refractivity contribution in [2.24, 2.45) is 0 Å². The maximum Gasteiger partial charge on any atom is 0.254 e. The van der Waals surface area contributed by atoms with Crippen LogP contribution in [0, 0.1) is 0 Å². The largest absolute Gasteiger partial charge is 0.335 e. The van der Waals surface area contributed by atoms with Gasteiger partial charge < -0.3 is 4.90 Å². The normalized spacial score (nSPS) is 16.0. The Bertz CT molecular complexity index is 855. The second-order valence-electron chi connectivity index (χ2n) is 6.09. The van der Waals surface area contributed by atoms with E-state index in [-0.39, 0.29) is 11.9 Å². The Morgan fingerprint density at radius 2 is 1.79 bits per heavy atom. The van der Waals surface area contributed by atoms with E-state index in [1.807, 2.05) is 46.8 Å². The average molecular weight is 318 g/mol. The van der Waals surface area contributed by atoms with E-state index < -0.39 is 0 Å². The van der Waals surface area contributed by atoms with E-state index in [1.165, 1.54) is 11.1 Å². The van der Waals surface area contributed by atoms with Crippen LogP contribution in [0.2, 0.25) is 0 Å². The zero-order valence-electron chi connectivity index (χ0n) is 13.5. The molecule has 0 saturated heterocycles. The molecule has 0 radical (unpaired) electrons. The van der Waals surface area contributed by atoms with Gasteiger partial charge in [-0.25, -0.2) is 0 Å². The van der Waals surface area contributed by atoms with E-state index in [9.17, 15) is 4.79 Å². The molecule has 1 amide bonds. The van der Waals surface area contributed by atoms with Crippen LogP contribution < -0.4 is 0 Å². The molecule has 0 saturated carbocycles. The van der Waals surface area contributed by atoms with E-state index in [0.29, 0.717) is 5.56 Å². The summed E-state index contributed by atoms with van der Waals surface area (Å²) in [6.45, 7) is 0. The number of amides is 1. The standard InChI is InChI=1S/C19H18N4O/c1-22(18-11-8-14-4-2-3-5-17(14)18)19(24)15-6-9-16(10-7-15)23-12-20-21-13-23/h2-7,9-10,12-13,18H,8,11H2,1H3/t18-/m1/s1. The van der Waals surface area contributed by atoms with Crippen LogP contribution in [0.25, 0.3) is 5.69 Å². The van der Waals surface area contributed by atoms with Crippen LogP contribution in [0.5, 0.6) is 0 Å². The van der Waals surface area contributed by atoms with Crippen molar-refractivity contribution in [2.45, 2.75) is 18.9 Å². The van der Waals surface area contributed by atoms with Gasteiger partial charge in [0.2, 0.25) is 0 Å². The number of benzene rings is 2. The first-order valence-electron chi connectivity index (χ1n) is 8.04. The predicted molar refractivity (Wildman–Crippen MR) is 91.0 cm³/mol. The summed E-state index contributed by atoms with van der Waals surface area (Å²) in [6.07, 6.45) is 5.29. The smallest absolute Gasteiger partial charge is 0.254 e. The van der Waals surface area contributed by atoms with Gasteiger partial charge in [0, 0.05) is 18.3 Å². The Morgan fingerprint density at radius 3 is 2.54 bits per heavy atom. The number of rotatable bonds is 3. The molecule has 120 valence electrons. The molecule has 0 bridgehead atoms. The fourth-order valence-electron chi connectivity index (χ4n) is 3.39. The van der Waals surface area contributed by atoms with Gasteiger partial charge in [-0.15, -0.1) is 10.2 Å². The molecular formula is C19H18N4O. The highest BCUT2D eigenvalue weighted by molar-refractivity contribution is 5.94. The SMILES string of the molecule is CN(C(=O)c1ccc(-n2cnnc2)cc1)[C@@H]1CCc2ccccc21. The molecule has 5 heteroatoms. The lowest BCUT2D eigenvalue weighted by Gasteiger charge is -2.25. The lowest BCUT2D eigenvalue weighted by molar-refractivity contribution is 0.0730. The average Bonchev–Trinajstić information content (AvgIpc) is 3.30. The van der Waals surface area contributed by atoms with Gasteiger partial charge in [0.25, 0.3) is 5.91 Å². The van der Waals surface area contributed by atoms with Crippen molar-refractivity contribution >= 4 is 5.91 Å². The fourth-order valence-corrected chi connectivity index (χ4v) is 3.39. The predicted octanol–water partition coefficient (Wildman–Crippen LogP) is 3.03. The number of carbonyl (C=O) groups excluding carboxylic acids is 1. The first-order valence-corrected chi connectivity index (χ1v) is 8.04. The second kappa shape index (κ2) is 5.92. The van der Waals surface area contributed by atoms with E-state index >= 15 is 0 Å². The lowest BCUT2D eigenvalue weighted by atomic mass is 10.1. The van der Waals surface area contributed by atoms with Gasteiger partial charge in [-0.05, 0) is 48.2 Å². The van der Waals surface area contributed by atoms with E-state index in [2.05, 4.69) is 28.4 Å². The zero-order valence-corrected chi connectivity index (χ0v) is 13.5. The molecule has 1 aliphatic rings. The van der Waals surface area contributed by atoms with Crippen molar-refractivity contribution in [1.82, 2.24) is 19.7 Å². The summed E-state index contributed by atoms with van der Waals surface area (Å²) < 4.78 is 1.81. The highest BCUT2D eigenvalue weighted by Crippen LogP contribution is 2.35. The van der Waals surface area contributed by atoms with E-state index in [1.54, 1.807) is 12.7 Å². The summed E-state index contributed by atoms with van der Waals surface area (Å²) in [6, 6.07) is 16.1. The van der Waals surface area contributed by atoms with Crippen LogP contribution in [0.3, 0.4) is 0 Å². The maximum absolute atomic E-state index is 12.8. The molecule has 24 heavy (non-hydrogen) atoms. The van der Waals surface area contributed by atoms with Crippen LogP contribution in [-0.4, -0.2) is 32.6 Å². The van der Waals surface area contributed by atoms with Crippen molar-refractivity contribution in [3.63, 3.8) is 0 Å². The Labute approximate surface area is 140 Å². The third-order valence-corrected chi connectivity index (χ3v) is 4.72. The van der Waals surface area contributed by atoms with Gasteiger partial charge in [-0.1, -0.05) is 24.3 Å². The summed E-state index contributed by atoms with van der Waals surface area (Å²) in [7, 11) is 1.89. The number of aryl methyl sites for hydroxylation is 1. The number of fused-ring (bicyclic) bond motifs is 1. The molecule has 2 aromatic carbocycles. The third kappa shape index (κ3) is 2.48. The maximum atomic E-state index is 12.8. The van der Waals surface area contributed by atoms with Crippen molar-refractivity contribution in [3.8, 4) is 5.69 Å². The first kappa shape index (κ1) is 14.6. The minimum Gasteiger partial charge on any atom is -0.335 e. The highest BCUT2D eigenvalue weighted by atomic mass is 16.2. The van der Waals surface area contributed by atoms with Gasteiger partial charge in [0.15, 0.2) is 0 Å². The zero-order chi connectivity index (χ0) is 16.5. The number of aromatic nitrogens is 3. The van der Waals surface area contributed by atoms with Crippen molar-refractivity contribution in [3.05, 3.63) is 77.9 Å². The Kier molecular flexibility index (Phi) is 3.61. The number of nitrogens with zero attached hydrogens (tertiary/aromatic N) is 4. The van der Waals surface area contributed by atoms with Crippen molar-refractivity contribution in [1.29, 1.82) is 0 Å². The van der Waals surface area contributed by atoms with Crippen LogP contribution in [0.15, 0.2) is 61.2 Å². The quantitative estimate of drug-likeness (QED) is 0.746. The summed E-state index contributed by atoms with van der Waals surface area (Å²) >= 11 is 0. The summed E-state index contributed by atoms with van der Waals surface area (Å²) in [5, 5.41) is 7.59. The Hall–Kier alpha value is -2.95. The van der Waals surface area contributed by atoms with Crippen LogP contribution in [0.4, 0.5) is 0 Å². The fraction of sp³-hybridized carbons (Fsp3) is 0.211. The first-order chi connectivity index (χ1) is 11.7. The summed E-state index contributed by atoms with van der Waals surface area (Å²) in [4.78, 5) is 14.7. The Balaban J connectivity index is 1.55. The molecule has 1 aromatic heterocycles. The van der Waals surface area contributed by atoms with Crippen LogP contribution in [0.1, 0.15) is 33.9 Å². The molecular weight excluding hydrogens is 300 g/mol.